The van der Waals surface area contributed by atoms with E-state index in [1.165, 1.54) is 10.7 Å². The smallest absolute Gasteiger partial charge is 0.310 e. The van der Waals surface area contributed by atoms with Gasteiger partial charge in [0.05, 0.1) is 6.04 Å². The van der Waals surface area contributed by atoms with Gasteiger partial charge in [0.2, 0.25) is 0 Å². The predicted octanol–water partition coefficient (Wildman–Crippen LogP) is 5.34. The van der Waals surface area contributed by atoms with E-state index < -0.39 is 59.5 Å². The Hall–Kier alpha value is -4.42. The topological polar surface area (TPSA) is 126 Å². The van der Waals surface area contributed by atoms with Crippen LogP contribution in [0.5, 0.6) is 0 Å². The van der Waals surface area contributed by atoms with Gasteiger partial charge in [0, 0.05) is 18.0 Å². The average Bonchev–Trinajstić information content (AvgIpc) is 3.26. The molecule has 5 rings (SSSR count). The van der Waals surface area contributed by atoms with Gasteiger partial charge in [0.15, 0.2) is 11.3 Å². The van der Waals surface area contributed by atoms with Gasteiger partial charge in [-0.15, -0.1) is 0 Å². The summed E-state index contributed by atoms with van der Waals surface area (Å²) in [6, 6.07) is 3.50. The lowest BCUT2D eigenvalue weighted by molar-refractivity contribution is -0.141. The van der Waals surface area contributed by atoms with Crippen LogP contribution in [-0.4, -0.2) is 34.7 Å². The number of nitriles is 1. The summed E-state index contributed by atoms with van der Waals surface area (Å²) in [5.74, 6) is -1.50. The van der Waals surface area contributed by atoms with Gasteiger partial charge in [-0.1, -0.05) is 6.07 Å². The quantitative estimate of drug-likeness (QED) is 0.312. The number of nitrogens with zero attached hydrogens (tertiary/aromatic N) is 7. The Morgan fingerprint density at radius 2 is 1.70 bits per heavy atom. The molecule has 0 aliphatic heterocycles. The van der Waals surface area contributed by atoms with Crippen LogP contribution in [-0.2, 0) is 6.18 Å². The van der Waals surface area contributed by atoms with E-state index in [0.717, 1.165) is 12.3 Å². The zero-order valence-corrected chi connectivity index (χ0v) is 20.3. The molecule has 208 valence electrons. The second-order valence-corrected chi connectivity index (χ2v) is 9.17. The Labute approximate surface area is 219 Å². The third-order valence-corrected chi connectivity index (χ3v) is 6.80. The second-order valence-electron chi connectivity index (χ2n) is 9.17. The number of hydrogen-bond donors (Lipinski definition) is 1. The summed E-state index contributed by atoms with van der Waals surface area (Å²) in [4.78, 5) is 31.0. The third-order valence-electron chi connectivity index (χ3n) is 6.80. The Kier molecular flexibility index (Phi) is 6.76. The summed E-state index contributed by atoms with van der Waals surface area (Å²) >= 11 is 0. The van der Waals surface area contributed by atoms with Crippen molar-refractivity contribution < 1.29 is 30.7 Å². The van der Waals surface area contributed by atoms with Gasteiger partial charge in [-0.2, -0.15) is 23.5 Å². The van der Waals surface area contributed by atoms with Crippen molar-refractivity contribution >= 4 is 11.0 Å². The highest BCUT2D eigenvalue weighted by molar-refractivity contribution is 5.80. The molecule has 0 amide bonds. The first-order valence-electron chi connectivity index (χ1n) is 11.8. The molecule has 1 fully saturated rings. The summed E-state index contributed by atoms with van der Waals surface area (Å²) < 4.78 is 93.2. The van der Waals surface area contributed by atoms with Gasteiger partial charge in [-0.25, -0.2) is 37.2 Å². The van der Waals surface area contributed by atoms with Crippen molar-refractivity contribution in [3.05, 3.63) is 74.7 Å². The lowest BCUT2D eigenvalue weighted by atomic mass is 9.72. The number of hydrogen-bond acceptors (Lipinski definition) is 7. The molecule has 0 spiro atoms. The molecule has 40 heavy (non-hydrogen) atoms. The molecule has 0 aromatic carbocycles. The van der Waals surface area contributed by atoms with Crippen molar-refractivity contribution in [2.24, 2.45) is 0 Å². The number of fused-ring (bicyclic) bond motifs is 1. The molecule has 4 aromatic heterocycles. The van der Waals surface area contributed by atoms with Crippen LogP contribution in [0.25, 0.3) is 11.0 Å². The number of pyridine rings is 1. The fourth-order valence-electron chi connectivity index (χ4n) is 4.58. The molecular weight excluding hydrogens is 549 g/mol. The first kappa shape index (κ1) is 27.2. The molecule has 0 bridgehead atoms. The number of alkyl halides is 7. The van der Waals surface area contributed by atoms with E-state index >= 15 is 0 Å². The molecule has 1 aliphatic carbocycles. The molecule has 16 heteroatoms. The molecule has 1 aliphatic rings. The molecule has 9 nitrogen and oxygen atoms in total. The highest BCUT2D eigenvalue weighted by Crippen LogP contribution is 2.47. The van der Waals surface area contributed by atoms with E-state index in [-0.39, 0.29) is 33.9 Å². The van der Waals surface area contributed by atoms with Gasteiger partial charge < -0.3 is 4.98 Å². The second kappa shape index (κ2) is 9.96. The average molecular weight is 566 g/mol. The molecule has 0 unspecified atom stereocenters. The van der Waals surface area contributed by atoms with Crippen LogP contribution in [0, 0.1) is 11.3 Å². The van der Waals surface area contributed by atoms with Crippen molar-refractivity contribution in [3.63, 3.8) is 0 Å². The molecule has 4 heterocycles. The fourth-order valence-corrected chi connectivity index (χ4v) is 4.58. The molecule has 1 saturated carbocycles. The fraction of sp³-hybridized carbons (Fsp3) is 0.375. The Morgan fingerprint density at radius 1 is 1.05 bits per heavy atom. The normalized spacial score (nSPS) is 18.2. The van der Waals surface area contributed by atoms with Gasteiger partial charge in [-0.05, 0) is 37.5 Å². The van der Waals surface area contributed by atoms with Crippen molar-refractivity contribution in [3.8, 4) is 6.07 Å². The minimum Gasteiger partial charge on any atom is -0.310 e. The molecule has 0 radical (unpaired) electrons. The number of nitrogens with one attached hydrogen (secondary N) is 1. The van der Waals surface area contributed by atoms with Crippen LogP contribution in [0.4, 0.5) is 30.7 Å². The van der Waals surface area contributed by atoms with Crippen LogP contribution in [0.15, 0.2) is 29.2 Å². The van der Waals surface area contributed by atoms with Crippen LogP contribution in [0.3, 0.4) is 0 Å². The zero-order valence-electron chi connectivity index (χ0n) is 20.3. The standard InChI is InChI=1S/C24H17F7N8O/c1-9(10-2-5-16(33-8-10)24(29,30)31)39-22-17(15(7-32)38-39)23(40)37-21(36-22)12-4-3-11(12)20-34-13(18(25)26)6-14(35-20)19(27)28/h2,5-6,8-9,11-12,18-19H,3-4H2,1H3,(H,36,37,40)/t9-,11-,12-/m1/s1. The summed E-state index contributed by atoms with van der Waals surface area (Å²) in [7, 11) is 0. The molecule has 3 atom stereocenters. The van der Waals surface area contributed by atoms with Crippen LogP contribution in [0.1, 0.15) is 90.5 Å². The highest BCUT2D eigenvalue weighted by Gasteiger charge is 2.39. The first-order chi connectivity index (χ1) is 18.9. The Balaban J connectivity index is 1.56. The van der Waals surface area contributed by atoms with Gasteiger partial charge >= 0.3 is 6.18 Å². The monoisotopic (exact) mass is 566 g/mol. The molecule has 0 saturated heterocycles. The maximum absolute atomic E-state index is 13.3. The number of rotatable bonds is 6. The largest absolute Gasteiger partial charge is 0.433 e. The maximum atomic E-state index is 13.3. The van der Waals surface area contributed by atoms with Crippen LogP contribution < -0.4 is 5.56 Å². The van der Waals surface area contributed by atoms with Gasteiger partial charge in [0.1, 0.15) is 40.2 Å². The summed E-state index contributed by atoms with van der Waals surface area (Å²) in [6.07, 6.45) is -9.12. The Bertz CT molecular complexity index is 1650. The van der Waals surface area contributed by atoms with E-state index in [1.54, 1.807) is 13.0 Å². The molecular formula is C24H17F7N8O. The van der Waals surface area contributed by atoms with Crippen molar-refractivity contribution in [1.29, 1.82) is 5.26 Å². The lowest BCUT2D eigenvalue weighted by Gasteiger charge is -2.34. The first-order valence-corrected chi connectivity index (χ1v) is 11.8. The third kappa shape index (κ3) is 4.75. The lowest BCUT2D eigenvalue weighted by Crippen LogP contribution is -2.28. The van der Waals surface area contributed by atoms with Crippen molar-refractivity contribution in [2.45, 2.75) is 56.7 Å². The van der Waals surface area contributed by atoms with E-state index in [9.17, 15) is 40.8 Å². The highest BCUT2D eigenvalue weighted by atomic mass is 19.4. The number of aromatic amines is 1. The number of aromatic nitrogens is 7. The van der Waals surface area contributed by atoms with E-state index in [0.29, 0.717) is 18.9 Å². The summed E-state index contributed by atoms with van der Waals surface area (Å²) in [5, 5.41) is 13.5. The van der Waals surface area contributed by atoms with Crippen LogP contribution in [0.2, 0.25) is 0 Å². The molecule has 1 N–H and O–H groups in total. The number of halogens is 7. The summed E-state index contributed by atoms with van der Waals surface area (Å²) in [6.45, 7) is 1.56. The SMILES string of the molecule is C[C@H](c1ccc(C(F)(F)F)nc1)n1nc(C#N)c2c(=O)[nH]c([C@@H]3CC[C@H]3c3nc(C(F)F)cc(C(F)F)n3)nc21. The van der Waals surface area contributed by atoms with Crippen molar-refractivity contribution in [1.82, 2.24) is 34.7 Å². The summed E-state index contributed by atoms with van der Waals surface area (Å²) in [5.41, 5.74) is -3.58. The molecule has 4 aromatic rings. The zero-order chi connectivity index (χ0) is 28.9. The van der Waals surface area contributed by atoms with Crippen LogP contribution >= 0.6 is 0 Å². The van der Waals surface area contributed by atoms with Gasteiger partial charge in [-0.3, -0.25) is 9.78 Å². The minimum atomic E-state index is -4.65. The Morgan fingerprint density at radius 3 is 2.20 bits per heavy atom. The van der Waals surface area contributed by atoms with E-state index in [2.05, 4.69) is 30.0 Å². The predicted molar refractivity (Wildman–Crippen MR) is 123 cm³/mol. The van der Waals surface area contributed by atoms with E-state index in [4.69, 9.17) is 0 Å². The maximum Gasteiger partial charge on any atom is 0.433 e. The number of H-pyrrole nitrogens is 1. The van der Waals surface area contributed by atoms with Crippen molar-refractivity contribution in [2.75, 3.05) is 0 Å². The van der Waals surface area contributed by atoms with E-state index in [1.807, 2.05) is 0 Å². The minimum absolute atomic E-state index is 0.0520. The van der Waals surface area contributed by atoms with Gasteiger partial charge in [0.25, 0.3) is 18.4 Å².